The van der Waals surface area contributed by atoms with Gasteiger partial charge in [0.25, 0.3) is 5.69 Å². The van der Waals surface area contributed by atoms with Gasteiger partial charge in [0.15, 0.2) is 17.5 Å². The Morgan fingerprint density at radius 3 is 1.94 bits per heavy atom. The second-order valence-electron chi connectivity index (χ2n) is 7.95. The minimum absolute atomic E-state index is 0.104. The molecule has 1 atom stereocenters. The number of rotatable bonds is 7. The van der Waals surface area contributed by atoms with Crippen molar-refractivity contribution in [2.24, 2.45) is 11.8 Å². The number of carbonyl (C=O) groups excluding carboxylic acids is 3. The zero-order valence-electron chi connectivity index (χ0n) is 17.2. The molecule has 0 aliphatic rings. The number of halogens is 5. The number of ketones is 2. The van der Waals surface area contributed by atoms with E-state index in [1.807, 2.05) is 0 Å². The van der Waals surface area contributed by atoms with Crippen molar-refractivity contribution in [2.45, 2.75) is 52.3 Å². The van der Waals surface area contributed by atoms with Crippen LogP contribution in [0, 0.1) is 22.0 Å². The summed E-state index contributed by atoms with van der Waals surface area (Å²) in [6.07, 6.45) is -6.04. The summed E-state index contributed by atoms with van der Waals surface area (Å²) in [5, 5.41) is 11.3. The van der Waals surface area contributed by atoms with Gasteiger partial charge in [-0.15, -0.1) is 0 Å². The Labute approximate surface area is 173 Å². The van der Waals surface area contributed by atoms with Gasteiger partial charge in [0, 0.05) is 17.5 Å². The molecule has 0 bridgehead atoms. The third-order valence-electron chi connectivity index (χ3n) is 3.94. The molecule has 0 aliphatic heterocycles. The van der Waals surface area contributed by atoms with Gasteiger partial charge in [-0.25, -0.2) is 0 Å². The van der Waals surface area contributed by atoms with Crippen LogP contribution in [0.4, 0.5) is 27.6 Å². The fourth-order valence-corrected chi connectivity index (χ4v) is 2.45. The molecule has 12 heteroatoms. The summed E-state index contributed by atoms with van der Waals surface area (Å²) in [4.78, 5) is 47.7. The number of nitro groups is 1. The van der Waals surface area contributed by atoms with Gasteiger partial charge in [0.05, 0.1) is 10.5 Å². The number of Topliss-reactive ketones (excluding diaryl/α,β-unsaturated/α-hetero) is 2. The van der Waals surface area contributed by atoms with Crippen molar-refractivity contribution in [2.75, 3.05) is 0 Å². The smallest absolute Gasteiger partial charge is 0.458 e. The Hall–Kier alpha value is -2.92. The molecule has 7 nitrogen and oxygen atoms in total. The Balaban J connectivity index is 3.62. The van der Waals surface area contributed by atoms with Crippen molar-refractivity contribution in [3.8, 4) is 0 Å². The van der Waals surface area contributed by atoms with E-state index in [0.717, 1.165) is 0 Å². The quantitative estimate of drug-likeness (QED) is 0.149. The topological polar surface area (TPSA) is 104 Å². The van der Waals surface area contributed by atoms with Crippen LogP contribution in [0.1, 0.15) is 50.5 Å². The molecule has 0 radical (unpaired) electrons. The van der Waals surface area contributed by atoms with Crippen molar-refractivity contribution in [3.05, 3.63) is 39.4 Å². The second kappa shape index (κ2) is 8.67. The highest BCUT2D eigenvalue weighted by atomic mass is 19.4. The first-order chi connectivity index (χ1) is 13.8. The molecule has 0 spiro atoms. The maximum atomic E-state index is 13.6. The number of nitro benzene ring substituents is 1. The van der Waals surface area contributed by atoms with Crippen molar-refractivity contribution in [1.82, 2.24) is 0 Å². The summed E-state index contributed by atoms with van der Waals surface area (Å²) >= 11 is 0. The predicted molar refractivity (Wildman–Crippen MR) is 96.6 cm³/mol. The van der Waals surface area contributed by atoms with Gasteiger partial charge in [-0.2, -0.15) is 22.0 Å². The molecule has 0 amide bonds. The maximum Gasteiger partial charge on any atom is 0.458 e. The molecular weight excluding hydrogens is 433 g/mol. The summed E-state index contributed by atoms with van der Waals surface area (Å²) in [7, 11) is 0. The molecule has 0 saturated heterocycles. The van der Waals surface area contributed by atoms with Crippen LogP contribution >= 0.6 is 0 Å². The van der Waals surface area contributed by atoms with Crippen LogP contribution in [0.3, 0.4) is 0 Å². The monoisotopic (exact) mass is 453 g/mol. The average molecular weight is 453 g/mol. The molecule has 172 valence electrons. The van der Waals surface area contributed by atoms with Crippen molar-refractivity contribution >= 4 is 23.2 Å². The highest BCUT2D eigenvalue weighted by molar-refractivity contribution is 6.24. The molecule has 0 saturated carbocycles. The van der Waals surface area contributed by atoms with Gasteiger partial charge in [-0.3, -0.25) is 24.5 Å². The van der Waals surface area contributed by atoms with Crippen molar-refractivity contribution in [3.63, 3.8) is 0 Å². The van der Waals surface area contributed by atoms with Crippen LogP contribution < -0.4 is 0 Å². The Morgan fingerprint density at radius 2 is 1.55 bits per heavy atom. The van der Waals surface area contributed by atoms with E-state index >= 15 is 0 Å². The minimum atomic E-state index is -6.04. The first kappa shape index (κ1) is 26.1. The highest BCUT2D eigenvalue weighted by Crippen LogP contribution is 2.45. The van der Waals surface area contributed by atoms with E-state index in [9.17, 15) is 46.5 Å². The number of nitrogens with zero attached hydrogens (tertiary/aromatic N) is 1. The van der Waals surface area contributed by atoms with Gasteiger partial charge < -0.3 is 4.74 Å². The van der Waals surface area contributed by atoms with Gasteiger partial charge in [-0.05, 0) is 26.8 Å². The lowest BCUT2D eigenvalue weighted by atomic mass is 9.87. The molecule has 1 aromatic carbocycles. The normalized spacial score (nSPS) is 13.6. The lowest BCUT2D eigenvalue weighted by molar-refractivity contribution is -0.385. The Morgan fingerprint density at radius 1 is 1.03 bits per heavy atom. The van der Waals surface area contributed by atoms with E-state index in [-0.39, 0.29) is 12.1 Å². The number of benzene rings is 1. The molecule has 0 heterocycles. The van der Waals surface area contributed by atoms with E-state index in [2.05, 4.69) is 0 Å². The number of carbonyl (C=O) groups is 3. The fourth-order valence-electron chi connectivity index (χ4n) is 2.45. The molecule has 31 heavy (non-hydrogen) atoms. The molecule has 0 aliphatic carbocycles. The molecule has 0 N–H and O–H groups in total. The van der Waals surface area contributed by atoms with E-state index in [4.69, 9.17) is 4.74 Å². The van der Waals surface area contributed by atoms with E-state index < -0.39 is 68.8 Å². The van der Waals surface area contributed by atoms with Crippen molar-refractivity contribution < 1.29 is 46.0 Å². The van der Waals surface area contributed by atoms with Crippen molar-refractivity contribution in [1.29, 1.82) is 0 Å². The fraction of sp³-hybridized carbons (Fsp3) is 0.526. The minimum Gasteiger partial charge on any atom is -0.459 e. The summed E-state index contributed by atoms with van der Waals surface area (Å²) in [5.41, 5.74) is -5.29. The zero-order chi connectivity index (χ0) is 24.5. The highest BCUT2D eigenvalue weighted by Gasteiger charge is 2.59. The van der Waals surface area contributed by atoms with Crippen LogP contribution in [-0.2, 0) is 20.2 Å². The average Bonchev–Trinajstić information content (AvgIpc) is 2.58. The first-order valence-electron chi connectivity index (χ1n) is 8.85. The summed E-state index contributed by atoms with van der Waals surface area (Å²) in [6, 6.07) is 0.437. The first-order valence-corrected chi connectivity index (χ1v) is 8.85. The largest absolute Gasteiger partial charge is 0.459 e. The zero-order valence-corrected chi connectivity index (χ0v) is 17.2. The van der Waals surface area contributed by atoms with Crippen LogP contribution in [0.2, 0.25) is 0 Å². The molecule has 1 unspecified atom stereocenters. The number of esters is 1. The second-order valence-corrected chi connectivity index (χ2v) is 7.95. The predicted octanol–water partition coefficient (Wildman–Crippen LogP) is 4.61. The standard InChI is InChI=1S/C19H20F5NO6/c1-9(2)14(26)13(16(28)31-17(3,4)5)15(27)11-7-6-10(8-12(11)25(29)30)18(20,21)19(22,23)24/h6-9,13H,1-5H3. The third-order valence-corrected chi connectivity index (χ3v) is 3.94. The summed E-state index contributed by atoms with van der Waals surface area (Å²) in [6.45, 7) is 6.98. The van der Waals surface area contributed by atoms with E-state index in [1.165, 1.54) is 34.6 Å². The molecular formula is C19H20F5NO6. The van der Waals surface area contributed by atoms with Crippen LogP contribution in [-0.4, -0.2) is 34.2 Å². The Kier molecular flexibility index (Phi) is 7.31. The summed E-state index contributed by atoms with van der Waals surface area (Å²) in [5.74, 6) is -12.2. The number of ether oxygens (including phenoxy) is 1. The van der Waals surface area contributed by atoms with E-state index in [1.54, 1.807) is 0 Å². The van der Waals surface area contributed by atoms with Crippen LogP contribution in [0.25, 0.3) is 0 Å². The van der Waals surface area contributed by atoms with Gasteiger partial charge >= 0.3 is 18.1 Å². The van der Waals surface area contributed by atoms with Gasteiger partial charge in [-0.1, -0.05) is 19.9 Å². The summed E-state index contributed by atoms with van der Waals surface area (Å²) < 4.78 is 70.0. The van der Waals surface area contributed by atoms with Gasteiger partial charge in [0.1, 0.15) is 5.60 Å². The van der Waals surface area contributed by atoms with Crippen LogP contribution in [0.15, 0.2) is 18.2 Å². The number of alkyl halides is 5. The molecule has 0 aromatic heterocycles. The maximum absolute atomic E-state index is 13.6. The Bertz CT molecular complexity index is 902. The molecule has 1 rings (SSSR count). The lowest BCUT2D eigenvalue weighted by Gasteiger charge is -2.24. The number of hydrogen-bond donors (Lipinski definition) is 0. The SMILES string of the molecule is CC(C)C(=O)C(C(=O)OC(C)(C)C)C(=O)c1ccc(C(F)(F)C(F)(F)F)cc1[N+](=O)[O-]. The lowest BCUT2D eigenvalue weighted by Crippen LogP contribution is -2.39. The molecule has 1 aromatic rings. The molecule has 0 fully saturated rings. The van der Waals surface area contributed by atoms with Gasteiger partial charge in [0.2, 0.25) is 0 Å². The third kappa shape index (κ3) is 5.82. The van der Waals surface area contributed by atoms with Crippen LogP contribution in [0.5, 0.6) is 0 Å². The number of hydrogen-bond acceptors (Lipinski definition) is 6. The van der Waals surface area contributed by atoms with E-state index in [0.29, 0.717) is 6.07 Å².